The van der Waals surface area contributed by atoms with Gasteiger partial charge in [0.15, 0.2) is 6.61 Å². The van der Waals surface area contributed by atoms with Crippen LogP contribution in [0.3, 0.4) is 0 Å². The molecule has 0 saturated heterocycles. The maximum atomic E-state index is 12.6. The molecular weight excluding hydrogens is 458 g/mol. The van der Waals surface area contributed by atoms with Gasteiger partial charge < -0.3 is 15.0 Å². The van der Waals surface area contributed by atoms with Crippen LogP contribution in [0.15, 0.2) is 70.3 Å². The van der Waals surface area contributed by atoms with E-state index in [9.17, 15) is 13.2 Å². The average molecular weight is 488 g/mol. The maximum absolute atomic E-state index is 12.6. The van der Waals surface area contributed by atoms with Crippen LogP contribution < -0.4 is 19.3 Å². The van der Waals surface area contributed by atoms with E-state index in [1.54, 1.807) is 41.8 Å². The lowest BCUT2D eigenvalue weighted by Gasteiger charge is -2.27. The largest absolute Gasteiger partial charge is 0.484 e. The first-order valence-electron chi connectivity index (χ1n) is 10.6. The molecule has 0 aliphatic heterocycles. The zero-order valence-corrected chi connectivity index (χ0v) is 20.8. The van der Waals surface area contributed by atoms with Gasteiger partial charge in [-0.3, -0.25) is 9.10 Å². The number of nitrogens with zero attached hydrogens (tertiary/aromatic N) is 2. The van der Waals surface area contributed by atoms with E-state index in [2.05, 4.69) is 31.0 Å². The lowest BCUT2D eigenvalue weighted by Crippen LogP contribution is -2.30. The molecule has 3 aromatic rings. The van der Waals surface area contributed by atoms with E-state index in [1.807, 2.05) is 24.3 Å². The number of carbonyl (C=O) groups excluding carboxylic acids is 1. The van der Waals surface area contributed by atoms with E-state index in [-0.39, 0.29) is 16.7 Å². The SMILES string of the molecule is CCN(c1ccc(NC(=O)COc2ccc(N(C)S(=O)(=O)c3cccs3)cc2)cc1)C(C)C. The Kier molecular flexibility index (Phi) is 7.99. The summed E-state index contributed by atoms with van der Waals surface area (Å²) in [5.74, 6) is 0.196. The van der Waals surface area contributed by atoms with E-state index in [0.29, 0.717) is 23.2 Å². The minimum absolute atomic E-state index is 0.155. The van der Waals surface area contributed by atoms with Gasteiger partial charge in [0.25, 0.3) is 15.9 Å². The van der Waals surface area contributed by atoms with Gasteiger partial charge in [0.1, 0.15) is 9.96 Å². The number of amides is 1. The van der Waals surface area contributed by atoms with Gasteiger partial charge in [0.05, 0.1) is 5.69 Å². The van der Waals surface area contributed by atoms with E-state index in [0.717, 1.165) is 12.2 Å². The predicted molar refractivity (Wildman–Crippen MR) is 135 cm³/mol. The second kappa shape index (κ2) is 10.7. The molecule has 0 fully saturated rings. The number of hydrogen-bond acceptors (Lipinski definition) is 6. The summed E-state index contributed by atoms with van der Waals surface area (Å²) in [6.07, 6.45) is 0. The highest BCUT2D eigenvalue weighted by Gasteiger charge is 2.22. The molecule has 2 aromatic carbocycles. The van der Waals surface area contributed by atoms with Crippen molar-refractivity contribution in [2.24, 2.45) is 0 Å². The summed E-state index contributed by atoms with van der Waals surface area (Å²) in [6.45, 7) is 7.15. The number of nitrogens with one attached hydrogen (secondary N) is 1. The standard InChI is InChI=1S/C24H29N3O4S2/c1-5-27(18(2)3)21-10-8-19(9-11-21)25-23(28)17-31-22-14-12-20(13-15-22)26(4)33(29,30)24-7-6-16-32-24/h6-16,18H,5,17H2,1-4H3,(H,25,28). The molecule has 1 N–H and O–H groups in total. The van der Waals surface area contributed by atoms with Crippen LogP contribution in [0, 0.1) is 0 Å². The van der Waals surface area contributed by atoms with E-state index in [4.69, 9.17) is 4.74 Å². The monoisotopic (exact) mass is 487 g/mol. The Morgan fingerprint density at radius 1 is 1.03 bits per heavy atom. The topological polar surface area (TPSA) is 79.0 Å². The summed E-state index contributed by atoms with van der Waals surface area (Å²) in [5.41, 5.74) is 2.30. The van der Waals surface area contributed by atoms with Crippen molar-refractivity contribution < 1.29 is 17.9 Å². The number of thiophene rings is 1. The highest BCUT2D eigenvalue weighted by atomic mass is 32.2. The first kappa shape index (κ1) is 24.6. The van der Waals surface area contributed by atoms with Crippen LogP contribution in [0.4, 0.5) is 17.1 Å². The molecule has 33 heavy (non-hydrogen) atoms. The summed E-state index contributed by atoms with van der Waals surface area (Å²) < 4.78 is 32.3. The van der Waals surface area contributed by atoms with Crippen molar-refractivity contribution >= 4 is 44.3 Å². The van der Waals surface area contributed by atoms with Gasteiger partial charge in [-0.25, -0.2) is 8.42 Å². The molecule has 3 rings (SSSR count). The summed E-state index contributed by atoms with van der Waals surface area (Å²) >= 11 is 1.17. The lowest BCUT2D eigenvalue weighted by atomic mass is 10.2. The molecule has 0 aliphatic carbocycles. The van der Waals surface area contributed by atoms with E-state index >= 15 is 0 Å². The first-order chi connectivity index (χ1) is 15.7. The Morgan fingerprint density at radius 2 is 1.67 bits per heavy atom. The lowest BCUT2D eigenvalue weighted by molar-refractivity contribution is -0.118. The Balaban J connectivity index is 1.54. The molecular formula is C24H29N3O4S2. The maximum Gasteiger partial charge on any atom is 0.273 e. The Morgan fingerprint density at radius 3 is 2.21 bits per heavy atom. The third-order valence-electron chi connectivity index (χ3n) is 5.13. The van der Waals surface area contributed by atoms with E-state index in [1.165, 1.54) is 22.7 Å². The zero-order valence-electron chi connectivity index (χ0n) is 19.2. The molecule has 0 saturated carbocycles. The van der Waals surface area contributed by atoms with Crippen LogP contribution in [-0.4, -0.2) is 40.6 Å². The second-order valence-corrected chi connectivity index (χ2v) is 10.8. The number of rotatable bonds is 10. The Labute approximate surface area is 199 Å². The van der Waals surface area contributed by atoms with Crippen LogP contribution in [0.2, 0.25) is 0 Å². The number of sulfonamides is 1. The number of benzene rings is 2. The van der Waals surface area contributed by atoms with Crippen molar-refractivity contribution in [3.63, 3.8) is 0 Å². The van der Waals surface area contributed by atoms with Crippen molar-refractivity contribution in [3.8, 4) is 5.75 Å². The van der Waals surface area contributed by atoms with Gasteiger partial charge in [0.2, 0.25) is 0 Å². The molecule has 1 amide bonds. The van der Waals surface area contributed by atoms with Crippen LogP contribution in [0.1, 0.15) is 20.8 Å². The Hall–Kier alpha value is -3.04. The normalized spacial score (nSPS) is 11.3. The number of carbonyl (C=O) groups is 1. The summed E-state index contributed by atoms with van der Waals surface area (Å²) in [4.78, 5) is 14.5. The van der Waals surface area contributed by atoms with Gasteiger partial charge in [0, 0.05) is 31.0 Å². The number of hydrogen-bond donors (Lipinski definition) is 1. The third kappa shape index (κ3) is 6.06. The molecule has 0 unspecified atom stereocenters. The summed E-state index contributed by atoms with van der Waals surface area (Å²) in [6, 6.07) is 18.0. The van der Waals surface area contributed by atoms with Crippen molar-refractivity contribution in [1.29, 1.82) is 0 Å². The van der Waals surface area contributed by atoms with Gasteiger partial charge in [-0.15, -0.1) is 11.3 Å². The molecule has 176 valence electrons. The predicted octanol–water partition coefficient (Wildman–Crippen LogP) is 4.83. The van der Waals surface area contributed by atoms with Crippen molar-refractivity contribution in [2.45, 2.75) is 31.0 Å². The van der Waals surface area contributed by atoms with Gasteiger partial charge in [-0.05, 0) is 80.7 Å². The molecule has 0 bridgehead atoms. The van der Waals surface area contributed by atoms with Gasteiger partial charge in [-0.2, -0.15) is 0 Å². The summed E-state index contributed by atoms with van der Waals surface area (Å²) in [7, 11) is -2.09. The average Bonchev–Trinajstić information content (AvgIpc) is 3.35. The van der Waals surface area contributed by atoms with Crippen LogP contribution in [0.25, 0.3) is 0 Å². The van der Waals surface area contributed by atoms with Crippen molar-refractivity contribution in [3.05, 3.63) is 66.0 Å². The molecule has 9 heteroatoms. The van der Waals surface area contributed by atoms with E-state index < -0.39 is 10.0 Å². The second-order valence-electron chi connectivity index (χ2n) is 7.66. The molecule has 0 aliphatic rings. The van der Waals surface area contributed by atoms with Crippen LogP contribution in [0.5, 0.6) is 5.75 Å². The first-order valence-corrected chi connectivity index (χ1v) is 13.0. The number of ether oxygens (including phenoxy) is 1. The molecule has 0 radical (unpaired) electrons. The van der Waals surface area contributed by atoms with Gasteiger partial charge in [-0.1, -0.05) is 6.07 Å². The van der Waals surface area contributed by atoms with Crippen molar-refractivity contribution in [1.82, 2.24) is 0 Å². The quantitative estimate of drug-likeness (QED) is 0.443. The molecule has 0 atom stereocenters. The summed E-state index contributed by atoms with van der Waals surface area (Å²) in [5, 5.41) is 4.55. The highest BCUT2D eigenvalue weighted by Crippen LogP contribution is 2.26. The smallest absolute Gasteiger partial charge is 0.273 e. The van der Waals surface area contributed by atoms with Crippen LogP contribution >= 0.6 is 11.3 Å². The minimum atomic E-state index is -3.59. The Bertz CT molecular complexity index is 1140. The molecule has 7 nitrogen and oxygen atoms in total. The minimum Gasteiger partial charge on any atom is -0.484 e. The molecule has 0 spiro atoms. The fourth-order valence-electron chi connectivity index (χ4n) is 3.36. The third-order valence-corrected chi connectivity index (χ3v) is 8.29. The van der Waals surface area contributed by atoms with Crippen molar-refractivity contribution in [2.75, 3.05) is 34.7 Å². The fraction of sp³-hybridized carbons (Fsp3) is 0.292. The zero-order chi connectivity index (χ0) is 24.0. The number of anilines is 3. The van der Waals surface area contributed by atoms with Gasteiger partial charge >= 0.3 is 0 Å². The highest BCUT2D eigenvalue weighted by molar-refractivity contribution is 7.94. The molecule has 1 aromatic heterocycles. The fourth-order valence-corrected chi connectivity index (χ4v) is 5.72. The molecule has 1 heterocycles. The van der Waals surface area contributed by atoms with Crippen LogP contribution in [-0.2, 0) is 14.8 Å².